The Balaban J connectivity index is 1.95. The molecule has 0 aliphatic heterocycles. The fourth-order valence-electron chi connectivity index (χ4n) is 2.95. The molecule has 0 atom stereocenters. The molecule has 7 nitrogen and oxygen atoms in total. The molecule has 0 saturated heterocycles. The number of hydrogen-bond acceptors (Lipinski definition) is 6. The summed E-state index contributed by atoms with van der Waals surface area (Å²) in [5, 5.41) is 12.3. The van der Waals surface area contributed by atoms with Crippen molar-refractivity contribution in [2.75, 3.05) is 11.9 Å². The van der Waals surface area contributed by atoms with E-state index in [1.54, 1.807) is 37.3 Å². The average molecular weight is 667 g/mol. The minimum Gasteiger partial charge on any atom is -0.490 e. The van der Waals surface area contributed by atoms with Crippen LogP contribution in [0.3, 0.4) is 0 Å². The molecule has 3 aromatic rings. The van der Waals surface area contributed by atoms with E-state index in [1.807, 2.05) is 25.1 Å². The van der Waals surface area contributed by atoms with Gasteiger partial charge >= 0.3 is 10.1 Å². The van der Waals surface area contributed by atoms with E-state index in [2.05, 4.69) is 43.8 Å². The van der Waals surface area contributed by atoms with Crippen molar-refractivity contribution in [2.24, 2.45) is 0 Å². The number of nitriles is 1. The fraction of sp³-hybridized carbons (Fsp3) is 0.120. The van der Waals surface area contributed by atoms with Crippen LogP contribution < -0.4 is 14.2 Å². The van der Waals surface area contributed by atoms with E-state index in [4.69, 9.17) is 8.92 Å². The van der Waals surface area contributed by atoms with E-state index >= 15 is 0 Å². The molecule has 1 N–H and O–H groups in total. The van der Waals surface area contributed by atoms with Crippen molar-refractivity contribution in [2.45, 2.75) is 18.7 Å². The molecular formula is C25H20BrIN2O5S. The molecule has 0 unspecified atom stereocenters. The summed E-state index contributed by atoms with van der Waals surface area (Å²) in [4.78, 5) is 12.7. The zero-order chi connectivity index (χ0) is 25.6. The summed E-state index contributed by atoms with van der Waals surface area (Å²) in [5.74, 6) is -0.474. The lowest BCUT2D eigenvalue weighted by molar-refractivity contribution is -0.112. The molecule has 0 bridgehead atoms. The quantitative estimate of drug-likeness (QED) is 0.135. The summed E-state index contributed by atoms with van der Waals surface area (Å²) in [6.45, 7) is 3.83. The zero-order valence-electron chi connectivity index (χ0n) is 18.7. The number of ether oxygens (including phenoxy) is 1. The van der Waals surface area contributed by atoms with E-state index in [9.17, 15) is 18.5 Å². The highest BCUT2D eigenvalue weighted by Crippen LogP contribution is 2.39. The molecule has 35 heavy (non-hydrogen) atoms. The highest BCUT2D eigenvalue weighted by Gasteiger charge is 2.22. The van der Waals surface area contributed by atoms with Crippen LogP contribution in [-0.4, -0.2) is 20.9 Å². The highest BCUT2D eigenvalue weighted by atomic mass is 127. The second kappa shape index (κ2) is 11.7. The number of aryl methyl sites for hydroxylation is 1. The third-order valence-electron chi connectivity index (χ3n) is 4.63. The van der Waals surface area contributed by atoms with Gasteiger partial charge < -0.3 is 14.2 Å². The first-order valence-corrected chi connectivity index (χ1v) is 13.6. The second-order valence-corrected chi connectivity index (χ2v) is 10.8. The van der Waals surface area contributed by atoms with Crippen molar-refractivity contribution < 1.29 is 22.1 Å². The van der Waals surface area contributed by atoms with Gasteiger partial charge in [0.15, 0.2) is 11.5 Å². The van der Waals surface area contributed by atoms with Gasteiger partial charge in [0, 0.05) is 3.57 Å². The number of rotatable bonds is 8. The SMILES string of the molecule is CCOc1cc(/C=C(/C#N)C(=O)Nc2ccccc2I)cc(Br)c1OS(=O)(=O)c1ccc(C)cc1. The van der Waals surface area contributed by atoms with E-state index < -0.39 is 16.0 Å². The Morgan fingerprint density at radius 3 is 2.49 bits per heavy atom. The minimum absolute atomic E-state index is 0.000373. The van der Waals surface area contributed by atoms with Gasteiger partial charge in [-0.2, -0.15) is 13.7 Å². The molecular weight excluding hydrogens is 647 g/mol. The molecule has 1 amide bonds. The first kappa shape index (κ1) is 26.7. The number of nitrogens with one attached hydrogen (secondary N) is 1. The molecule has 0 fully saturated rings. The number of hydrogen-bond donors (Lipinski definition) is 1. The molecule has 3 rings (SSSR count). The molecule has 0 aliphatic rings. The molecule has 0 radical (unpaired) electrons. The summed E-state index contributed by atoms with van der Waals surface area (Å²) < 4.78 is 37.7. The number of benzene rings is 3. The number of carbonyl (C=O) groups excluding carboxylic acids is 1. The summed E-state index contributed by atoms with van der Waals surface area (Å²) in [6.07, 6.45) is 1.39. The lowest BCUT2D eigenvalue weighted by Crippen LogP contribution is -2.14. The number of carbonyl (C=O) groups is 1. The molecule has 0 spiro atoms. The van der Waals surface area contributed by atoms with Gasteiger partial charge in [-0.1, -0.05) is 29.8 Å². The Morgan fingerprint density at radius 1 is 1.17 bits per heavy atom. The van der Waals surface area contributed by atoms with Gasteiger partial charge in [-0.25, -0.2) is 0 Å². The molecule has 180 valence electrons. The van der Waals surface area contributed by atoms with Gasteiger partial charge in [0.1, 0.15) is 16.5 Å². The minimum atomic E-state index is -4.13. The van der Waals surface area contributed by atoms with Crippen LogP contribution in [0.15, 0.2) is 75.6 Å². The van der Waals surface area contributed by atoms with E-state index in [-0.39, 0.29) is 33.0 Å². The van der Waals surface area contributed by atoms with Gasteiger partial charge in [-0.3, -0.25) is 4.79 Å². The van der Waals surface area contributed by atoms with Crippen molar-refractivity contribution in [1.29, 1.82) is 5.26 Å². The number of anilines is 1. The lowest BCUT2D eigenvalue weighted by Gasteiger charge is -2.15. The van der Waals surface area contributed by atoms with Gasteiger partial charge in [0.05, 0.1) is 16.8 Å². The molecule has 3 aromatic carbocycles. The summed E-state index contributed by atoms with van der Waals surface area (Å²) in [6, 6.07) is 18.4. The van der Waals surface area contributed by atoms with Crippen molar-refractivity contribution in [3.8, 4) is 17.6 Å². The fourth-order valence-corrected chi connectivity index (χ4v) is 5.07. The first-order valence-electron chi connectivity index (χ1n) is 10.3. The largest absolute Gasteiger partial charge is 0.490 e. The number of amides is 1. The normalized spacial score (nSPS) is 11.5. The summed E-state index contributed by atoms with van der Waals surface area (Å²) in [5.41, 5.74) is 1.80. The second-order valence-electron chi connectivity index (χ2n) is 7.22. The maximum Gasteiger partial charge on any atom is 0.339 e. The Morgan fingerprint density at radius 2 is 1.86 bits per heavy atom. The smallest absolute Gasteiger partial charge is 0.339 e. The van der Waals surface area contributed by atoms with Crippen LogP contribution in [0.25, 0.3) is 6.08 Å². The standard InChI is InChI=1S/C25H20BrIN2O5S/c1-3-33-23-14-17(12-18(15-28)25(30)29-22-7-5-4-6-21(22)27)13-20(26)24(23)34-35(31,32)19-10-8-16(2)9-11-19/h4-14H,3H2,1-2H3,(H,29,30)/b18-12-. The molecule has 10 heteroatoms. The van der Waals surface area contributed by atoms with Crippen molar-refractivity contribution in [3.05, 3.63) is 85.4 Å². The van der Waals surface area contributed by atoms with Crippen LogP contribution in [-0.2, 0) is 14.9 Å². The van der Waals surface area contributed by atoms with Gasteiger partial charge in [-0.05, 0) is 100 Å². The monoisotopic (exact) mass is 666 g/mol. The summed E-state index contributed by atoms with van der Waals surface area (Å²) in [7, 11) is -4.13. The molecule has 0 heterocycles. The Bertz CT molecular complexity index is 1430. The molecule has 0 aliphatic carbocycles. The van der Waals surface area contributed by atoms with Crippen molar-refractivity contribution in [1.82, 2.24) is 0 Å². The van der Waals surface area contributed by atoms with Crippen LogP contribution in [0.5, 0.6) is 11.5 Å². The van der Waals surface area contributed by atoms with Crippen LogP contribution in [0, 0.1) is 21.8 Å². The Labute approximate surface area is 226 Å². The highest BCUT2D eigenvalue weighted by molar-refractivity contribution is 14.1. The topological polar surface area (TPSA) is 105 Å². The van der Waals surface area contributed by atoms with E-state index in [0.717, 1.165) is 9.13 Å². The number of halogens is 2. The lowest BCUT2D eigenvalue weighted by atomic mass is 10.1. The predicted octanol–water partition coefficient (Wildman–Crippen LogP) is 6.07. The maximum absolute atomic E-state index is 12.8. The average Bonchev–Trinajstić information content (AvgIpc) is 2.81. The predicted molar refractivity (Wildman–Crippen MR) is 146 cm³/mol. The number of nitrogens with zero attached hydrogens (tertiary/aromatic N) is 1. The van der Waals surface area contributed by atoms with Crippen LogP contribution in [0.2, 0.25) is 0 Å². The van der Waals surface area contributed by atoms with E-state index in [1.165, 1.54) is 24.3 Å². The third kappa shape index (κ3) is 6.84. The molecule has 0 saturated carbocycles. The van der Waals surface area contributed by atoms with Crippen LogP contribution in [0.1, 0.15) is 18.1 Å². The summed E-state index contributed by atoms with van der Waals surface area (Å²) >= 11 is 5.42. The van der Waals surface area contributed by atoms with Crippen LogP contribution >= 0.6 is 38.5 Å². The Hall–Kier alpha value is -2.88. The number of para-hydroxylation sites is 1. The van der Waals surface area contributed by atoms with Gasteiger partial charge in [-0.15, -0.1) is 0 Å². The van der Waals surface area contributed by atoms with Crippen molar-refractivity contribution >= 4 is 66.3 Å². The van der Waals surface area contributed by atoms with E-state index in [0.29, 0.717) is 11.3 Å². The zero-order valence-corrected chi connectivity index (χ0v) is 23.3. The van der Waals surface area contributed by atoms with Crippen molar-refractivity contribution in [3.63, 3.8) is 0 Å². The van der Waals surface area contributed by atoms with Gasteiger partial charge in [0.2, 0.25) is 0 Å². The van der Waals surface area contributed by atoms with Crippen LogP contribution in [0.4, 0.5) is 5.69 Å². The Kier molecular flexibility index (Phi) is 8.93. The van der Waals surface area contributed by atoms with Gasteiger partial charge in [0.25, 0.3) is 5.91 Å². The third-order valence-corrected chi connectivity index (χ3v) is 7.40. The molecule has 0 aromatic heterocycles. The maximum atomic E-state index is 12.8. The first-order chi connectivity index (χ1) is 16.6.